The van der Waals surface area contributed by atoms with Crippen LogP contribution >= 0.6 is 11.6 Å². The van der Waals surface area contributed by atoms with Gasteiger partial charge in [-0.05, 0) is 37.5 Å². The number of carbonyl (C=O) groups excluding carboxylic acids is 1. The van der Waals surface area contributed by atoms with E-state index in [1.54, 1.807) is 0 Å². The summed E-state index contributed by atoms with van der Waals surface area (Å²) in [5.41, 5.74) is 6.63. The maximum Gasteiger partial charge on any atom is 0.220 e. The molecule has 1 atom stereocenters. The fourth-order valence-corrected chi connectivity index (χ4v) is 2.39. The van der Waals surface area contributed by atoms with Crippen molar-refractivity contribution in [3.05, 3.63) is 22.7 Å². The molecule has 1 amide bonds. The Bertz CT molecular complexity index is 506. The van der Waals surface area contributed by atoms with Gasteiger partial charge >= 0.3 is 0 Å². The van der Waals surface area contributed by atoms with Gasteiger partial charge in [0, 0.05) is 19.0 Å². The second-order valence-corrected chi connectivity index (χ2v) is 5.62. The number of amides is 1. The van der Waals surface area contributed by atoms with Crippen molar-refractivity contribution < 1.29 is 14.3 Å². The van der Waals surface area contributed by atoms with Crippen molar-refractivity contribution in [3.8, 4) is 11.5 Å². The van der Waals surface area contributed by atoms with Crippen LogP contribution in [0.1, 0.15) is 25.3 Å². The van der Waals surface area contributed by atoms with Crippen molar-refractivity contribution in [2.24, 2.45) is 5.73 Å². The molecule has 3 N–H and O–H groups in total. The summed E-state index contributed by atoms with van der Waals surface area (Å²) in [5.74, 6) is 1.30. The molecule has 1 aliphatic rings. The number of benzene rings is 1. The van der Waals surface area contributed by atoms with Crippen molar-refractivity contribution in [1.29, 1.82) is 0 Å². The van der Waals surface area contributed by atoms with E-state index in [2.05, 4.69) is 5.32 Å². The van der Waals surface area contributed by atoms with E-state index >= 15 is 0 Å². The van der Waals surface area contributed by atoms with Gasteiger partial charge in [-0.3, -0.25) is 4.79 Å². The zero-order valence-corrected chi connectivity index (χ0v) is 12.9. The van der Waals surface area contributed by atoms with Crippen molar-refractivity contribution in [2.75, 3.05) is 19.8 Å². The van der Waals surface area contributed by atoms with Gasteiger partial charge in [0.2, 0.25) is 5.91 Å². The van der Waals surface area contributed by atoms with E-state index in [4.69, 9.17) is 26.8 Å². The topological polar surface area (TPSA) is 73.6 Å². The molecule has 2 rings (SSSR count). The molecule has 0 bridgehead atoms. The monoisotopic (exact) mass is 312 g/mol. The summed E-state index contributed by atoms with van der Waals surface area (Å²) >= 11 is 6.17. The minimum Gasteiger partial charge on any atom is -0.486 e. The lowest BCUT2D eigenvalue weighted by molar-refractivity contribution is -0.121. The molecular formula is C15H21ClN2O3. The largest absolute Gasteiger partial charge is 0.486 e. The number of fused-ring (bicyclic) bond motifs is 1. The van der Waals surface area contributed by atoms with Gasteiger partial charge in [-0.2, -0.15) is 0 Å². The molecule has 1 aliphatic heterocycles. The van der Waals surface area contributed by atoms with E-state index in [1.165, 1.54) is 0 Å². The van der Waals surface area contributed by atoms with Crippen LogP contribution in [0, 0.1) is 0 Å². The van der Waals surface area contributed by atoms with Crippen LogP contribution in [0.2, 0.25) is 5.02 Å². The van der Waals surface area contributed by atoms with Crippen LogP contribution in [0.15, 0.2) is 12.1 Å². The van der Waals surface area contributed by atoms with Crippen LogP contribution in [-0.2, 0) is 11.2 Å². The number of hydrogen-bond acceptors (Lipinski definition) is 4. The zero-order valence-electron chi connectivity index (χ0n) is 12.2. The number of carbonyl (C=O) groups is 1. The summed E-state index contributed by atoms with van der Waals surface area (Å²) in [7, 11) is 0. The molecule has 1 aromatic rings. The summed E-state index contributed by atoms with van der Waals surface area (Å²) < 4.78 is 11.0. The lowest BCUT2D eigenvalue weighted by atomic mass is 10.1. The molecule has 0 saturated carbocycles. The first kappa shape index (κ1) is 15.9. The van der Waals surface area contributed by atoms with E-state index in [1.807, 2.05) is 19.1 Å². The lowest BCUT2D eigenvalue weighted by Gasteiger charge is -2.20. The van der Waals surface area contributed by atoms with Crippen LogP contribution < -0.4 is 20.5 Å². The molecule has 0 spiro atoms. The fourth-order valence-electron chi connectivity index (χ4n) is 2.10. The highest BCUT2D eigenvalue weighted by molar-refractivity contribution is 6.32. The normalized spacial score (nSPS) is 14.6. The fraction of sp³-hybridized carbons (Fsp3) is 0.533. The standard InChI is InChI=1S/C15H21ClN2O3/c1-10(17)2-3-14(19)18-5-4-11-8-12(16)15-13(9-11)20-6-7-21-15/h8-10H,2-7,17H2,1H3,(H,18,19). The maximum atomic E-state index is 11.6. The van der Waals surface area contributed by atoms with Gasteiger partial charge in [-0.15, -0.1) is 0 Å². The summed E-state index contributed by atoms with van der Waals surface area (Å²) in [4.78, 5) is 11.6. The smallest absolute Gasteiger partial charge is 0.220 e. The van der Waals surface area contributed by atoms with Crippen molar-refractivity contribution >= 4 is 17.5 Å². The Labute approximate surface area is 129 Å². The molecular weight excluding hydrogens is 292 g/mol. The quantitative estimate of drug-likeness (QED) is 0.841. The van der Waals surface area contributed by atoms with E-state index in [0.29, 0.717) is 55.5 Å². The average molecular weight is 313 g/mol. The van der Waals surface area contributed by atoms with Gasteiger partial charge in [0.15, 0.2) is 11.5 Å². The SMILES string of the molecule is CC(N)CCC(=O)NCCc1cc(Cl)c2c(c1)OCCO2. The number of nitrogens with two attached hydrogens (primary N) is 1. The summed E-state index contributed by atoms with van der Waals surface area (Å²) in [5, 5.41) is 3.42. The molecule has 0 saturated heterocycles. The molecule has 116 valence electrons. The third-order valence-electron chi connectivity index (χ3n) is 3.22. The highest BCUT2D eigenvalue weighted by Crippen LogP contribution is 2.38. The van der Waals surface area contributed by atoms with Gasteiger partial charge < -0.3 is 20.5 Å². The molecule has 5 nitrogen and oxygen atoms in total. The molecule has 1 aromatic carbocycles. The highest BCUT2D eigenvalue weighted by Gasteiger charge is 2.16. The molecule has 1 heterocycles. The van der Waals surface area contributed by atoms with Crippen LogP contribution in [0.5, 0.6) is 11.5 Å². The number of hydrogen-bond donors (Lipinski definition) is 2. The second kappa shape index (κ2) is 7.52. The Morgan fingerprint density at radius 3 is 2.95 bits per heavy atom. The van der Waals surface area contributed by atoms with Crippen LogP contribution in [0.25, 0.3) is 0 Å². The molecule has 1 unspecified atom stereocenters. The molecule has 0 fully saturated rings. The van der Waals surface area contributed by atoms with Crippen molar-refractivity contribution in [3.63, 3.8) is 0 Å². The third-order valence-corrected chi connectivity index (χ3v) is 3.50. The van der Waals surface area contributed by atoms with E-state index in [0.717, 1.165) is 5.56 Å². The van der Waals surface area contributed by atoms with Gasteiger partial charge in [-0.25, -0.2) is 0 Å². The first-order valence-corrected chi connectivity index (χ1v) is 7.54. The molecule has 0 aliphatic carbocycles. The predicted molar refractivity (Wildman–Crippen MR) is 82.0 cm³/mol. The van der Waals surface area contributed by atoms with Crippen LogP contribution in [0.4, 0.5) is 0 Å². The summed E-state index contributed by atoms with van der Waals surface area (Å²) in [6.45, 7) is 3.50. The zero-order chi connectivity index (χ0) is 15.2. The Balaban J connectivity index is 1.83. The number of halogens is 1. The first-order chi connectivity index (χ1) is 10.1. The van der Waals surface area contributed by atoms with Gasteiger partial charge in [0.25, 0.3) is 0 Å². The highest BCUT2D eigenvalue weighted by atomic mass is 35.5. The minimum absolute atomic E-state index is 0.0240. The Morgan fingerprint density at radius 1 is 1.43 bits per heavy atom. The Kier molecular flexibility index (Phi) is 5.70. The number of ether oxygens (including phenoxy) is 2. The summed E-state index contributed by atoms with van der Waals surface area (Å²) in [6.07, 6.45) is 1.85. The molecule has 21 heavy (non-hydrogen) atoms. The molecule has 6 heteroatoms. The van der Waals surface area contributed by atoms with Gasteiger partial charge in [0.1, 0.15) is 13.2 Å². The molecule has 0 aromatic heterocycles. The Hall–Kier alpha value is -1.46. The lowest BCUT2D eigenvalue weighted by Crippen LogP contribution is -2.27. The summed E-state index contributed by atoms with van der Waals surface area (Å²) in [6, 6.07) is 3.81. The van der Waals surface area contributed by atoms with E-state index in [-0.39, 0.29) is 11.9 Å². The van der Waals surface area contributed by atoms with Crippen molar-refractivity contribution in [2.45, 2.75) is 32.2 Å². The first-order valence-electron chi connectivity index (χ1n) is 7.16. The predicted octanol–water partition coefficient (Wildman–Crippen LogP) is 1.90. The minimum atomic E-state index is 0.0240. The van der Waals surface area contributed by atoms with Gasteiger partial charge in [-0.1, -0.05) is 11.6 Å². The second-order valence-electron chi connectivity index (χ2n) is 5.22. The molecule has 0 radical (unpaired) electrons. The van der Waals surface area contributed by atoms with Crippen LogP contribution in [-0.4, -0.2) is 31.7 Å². The van der Waals surface area contributed by atoms with Crippen LogP contribution in [0.3, 0.4) is 0 Å². The maximum absolute atomic E-state index is 11.6. The Morgan fingerprint density at radius 2 is 2.19 bits per heavy atom. The van der Waals surface area contributed by atoms with Gasteiger partial charge in [0.05, 0.1) is 5.02 Å². The average Bonchev–Trinajstić information content (AvgIpc) is 2.45. The number of nitrogens with one attached hydrogen (secondary N) is 1. The van der Waals surface area contributed by atoms with E-state index < -0.39 is 0 Å². The van der Waals surface area contributed by atoms with E-state index in [9.17, 15) is 4.79 Å². The number of rotatable bonds is 6. The van der Waals surface area contributed by atoms with Crippen molar-refractivity contribution in [1.82, 2.24) is 5.32 Å². The third kappa shape index (κ3) is 4.79.